The highest BCUT2D eigenvalue weighted by Crippen LogP contribution is 2.25. The lowest BCUT2D eigenvalue weighted by atomic mass is 10.1. The summed E-state index contributed by atoms with van der Waals surface area (Å²) in [5.74, 6) is 2.34. The Morgan fingerprint density at radius 2 is 1.75 bits per heavy atom. The monoisotopic (exact) mass is 386 g/mol. The Hall–Kier alpha value is -2.89. The number of benzene rings is 2. The third-order valence-corrected chi connectivity index (χ3v) is 4.80. The topological polar surface area (TPSA) is 60.0 Å². The van der Waals surface area contributed by atoms with Gasteiger partial charge in [-0.15, -0.1) is 0 Å². The molecular weight excluding hydrogens is 356 g/mol. The summed E-state index contributed by atoms with van der Waals surface area (Å²) in [6.07, 6.45) is 0.650. The average molecular weight is 386 g/mol. The summed E-state index contributed by atoms with van der Waals surface area (Å²) < 4.78 is 16.0. The molecule has 0 aliphatic carbocycles. The molecule has 2 rings (SSSR count). The minimum atomic E-state index is -0.0975. The fraction of sp³-hybridized carbons (Fsp3) is 0.409. The van der Waals surface area contributed by atoms with Crippen LogP contribution >= 0.6 is 0 Å². The average Bonchev–Trinajstić information content (AvgIpc) is 2.74. The smallest absolute Gasteiger partial charge is 0.317 e. The molecule has 0 bridgehead atoms. The van der Waals surface area contributed by atoms with Gasteiger partial charge >= 0.3 is 6.03 Å². The van der Waals surface area contributed by atoms with Crippen LogP contribution in [0, 0.1) is 0 Å². The van der Waals surface area contributed by atoms with Gasteiger partial charge in [0.1, 0.15) is 17.2 Å². The van der Waals surface area contributed by atoms with Gasteiger partial charge in [0.25, 0.3) is 0 Å². The summed E-state index contributed by atoms with van der Waals surface area (Å²) in [5.41, 5.74) is 2.02. The van der Waals surface area contributed by atoms with Gasteiger partial charge < -0.3 is 24.4 Å². The van der Waals surface area contributed by atoms with Crippen molar-refractivity contribution < 1.29 is 19.0 Å². The van der Waals surface area contributed by atoms with Gasteiger partial charge in [-0.25, -0.2) is 4.79 Å². The standard InChI is InChI=1S/C22H30N2O4/c1-6-24(16(2)17-8-7-9-19(14-17)26-3)22(25)23-13-12-18-15-20(27-4)10-11-21(18)28-5/h7-11,14-16H,6,12-13H2,1-5H3,(H,23,25). The van der Waals surface area contributed by atoms with Crippen LogP contribution in [0.1, 0.15) is 31.0 Å². The van der Waals surface area contributed by atoms with E-state index in [2.05, 4.69) is 5.32 Å². The second kappa shape index (κ2) is 10.4. The Morgan fingerprint density at radius 1 is 1.04 bits per heavy atom. The van der Waals surface area contributed by atoms with Crippen LogP contribution in [0.15, 0.2) is 42.5 Å². The molecule has 2 aromatic rings. The van der Waals surface area contributed by atoms with E-state index < -0.39 is 0 Å². The molecule has 1 unspecified atom stereocenters. The van der Waals surface area contributed by atoms with Crippen molar-refractivity contribution >= 4 is 6.03 Å². The molecule has 2 amide bonds. The molecule has 6 heteroatoms. The van der Waals surface area contributed by atoms with Crippen LogP contribution in [0.3, 0.4) is 0 Å². The van der Waals surface area contributed by atoms with Crippen molar-refractivity contribution in [3.63, 3.8) is 0 Å². The molecule has 0 aliphatic heterocycles. The predicted octanol–water partition coefficient (Wildman–Crippen LogP) is 4.05. The molecule has 1 atom stereocenters. The molecule has 6 nitrogen and oxygen atoms in total. The van der Waals surface area contributed by atoms with Crippen molar-refractivity contribution in [2.24, 2.45) is 0 Å². The van der Waals surface area contributed by atoms with E-state index in [4.69, 9.17) is 14.2 Å². The van der Waals surface area contributed by atoms with E-state index in [-0.39, 0.29) is 12.1 Å². The highest BCUT2D eigenvalue weighted by Gasteiger charge is 2.20. The maximum atomic E-state index is 12.7. The molecule has 0 fully saturated rings. The Balaban J connectivity index is 2.00. The number of ether oxygens (including phenoxy) is 3. The summed E-state index contributed by atoms with van der Waals surface area (Å²) in [7, 11) is 4.91. The Labute approximate surface area is 167 Å². The van der Waals surface area contributed by atoms with Crippen LogP contribution in [0.5, 0.6) is 17.2 Å². The molecule has 0 radical (unpaired) electrons. The molecule has 0 heterocycles. The minimum Gasteiger partial charge on any atom is -0.497 e. The van der Waals surface area contributed by atoms with E-state index in [1.165, 1.54) is 0 Å². The number of amides is 2. The number of urea groups is 1. The Bertz CT molecular complexity index is 779. The quantitative estimate of drug-likeness (QED) is 0.706. The first-order valence-corrected chi connectivity index (χ1v) is 9.43. The Kier molecular flexibility index (Phi) is 7.99. The zero-order chi connectivity index (χ0) is 20.5. The van der Waals surface area contributed by atoms with Crippen LogP contribution in [0.2, 0.25) is 0 Å². The first-order valence-electron chi connectivity index (χ1n) is 9.43. The second-order valence-electron chi connectivity index (χ2n) is 6.40. The van der Waals surface area contributed by atoms with Crippen molar-refractivity contribution in [1.82, 2.24) is 10.2 Å². The van der Waals surface area contributed by atoms with Gasteiger partial charge in [-0.05, 0) is 61.7 Å². The number of hydrogen-bond donors (Lipinski definition) is 1. The van der Waals surface area contributed by atoms with E-state index >= 15 is 0 Å². The fourth-order valence-corrected chi connectivity index (χ4v) is 3.16. The van der Waals surface area contributed by atoms with Crippen LogP contribution in [0.4, 0.5) is 4.79 Å². The number of nitrogens with one attached hydrogen (secondary N) is 1. The molecule has 152 valence electrons. The zero-order valence-electron chi connectivity index (χ0n) is 17.3. The lowest BCUT2D eigenvalue weighted by Gasteiger charge is -2.29. The number of nitrogens with zero attached hydrogens (tertiary/aromatic N) is 1. The van der Waals surface area contributed by atoms with Crippen LogP contribution < -0.4 is 19.5 Å². The van der Waals surface area contributed by atoms with E-state index in [9.17, 15) is 4.79 Å². The molecular formula is C22H30N2O4. The highest BCUT2D eigenvalue weighted by atomic mass is 16.5. The van der Waals surface area contributed by atoms with Gasteiger partial charge in [0, 0.05) is 13.1 Å². The van der Waals surface area contributed by atoms with Crippen LogP contribution in [0.25, 0.3) is 0 Å². The predicted molar refractivity (Wildman–Crippen MR) is 110 cm³/mol. The third-order valence-electron chi connectivity index (χ3n) is 4.80. The Morgan fingerprint density at radius 3 is 2.39 bits per heavy atom. The van der Waals surface area contributed by atoms with E-state index in [0.717, 1.165) is 28.4 Å². The third kappa shape index (κ3) is 5.31. The molecule has 0 saturated carbocycles. The number of carbonyl (C=O) groups excluding carboxylic acids is 1. The molecule has 0 saturated heterocycles. The first-order chi connectivity index (χ1) is 13.5. The summed E-state index contributed by atoms with van der Waals surface area (Å²) in [6.45, 7) is 5.10. The molecule has 28 heavy (non-hydrogen) atoms. The van der Waals surface area contributed by atoms with Crippen molar-refractivity contribution in [3.8, 4) is 17.2 Å². The fourth-order valence-electron chi connectivity index (χ4n) is 3.16. The van der Waals surface area contributed by atoms with Crippen LogP contribution in [-0.2, 0) is 6.42 Å². The van der Waals surface area contributed by atoms with Gasteiger partial charge in [-0.2, -0.15) is 0 Å². The molecule has 1 N–H and O–H groups in total. The van der Waals surface area contributed by atoms with Gasteiger partial charge in [0.15, 0.2) is 0 Å². The van der Waals surface area contributed by atoms with E-state index in [0.29, 0.717) is 19.5 Å². The lowest BCUT2D eigenvalue weighted by molar-refractivity contribution is 0.183. The molecule has 0 spiro atoms. The summed E-state index contributed by atoms with van der Waals surface area (Å²) in [6, 6.07) is 13.3. The second-order valence-corrected chi connectivity index (χ2v) is 6.40. The summed E-state index contributed by atoms with van der Waals surface area (Å²) >= 11 is 0. The number of hydrogen-bond acceptors (Lipinski definition) is 4. The zero-order valence-corrected chi connectivity index (χ0v) is 17.3. The molecule has 0 aliphatic rings. The maximum Gasteiger partial charge on any atom is 0.317 e. The molecule has 2 aromatic carbocycles. The van der Waals surface area contributed by atoms with E-state index in [1.807, 2.05) is 56.3 Å². The highest BCUT2D eigenvalue weighted by molar-refractivity contribution is 5.74. The first kappa shape index (κ1) is 21.4. The van der Waals surface area contributed by atoms with Gasteiger partial charge in [-0.1, -0.05) is 12.1 Å². The molecule has 0 aromatic heterocycles. The van der Waals surface area contributed by atoms with Crippen molar-refractivity contribution in [3.05, 3.63) is 53.6 Å². The van der Waals surface area contributed by atoms with Gasteiger partial charge in [-0.3, -0.25) is 0 Å². The minimum absolute atomic E-state index is 0.0635. The summed E-state index contributed by atoms with van der Waals surface area (Å²) in [5, 5.41) is 3.01. The number of carbonyl (C=O) groups is 1. The summed E-state index contributed by atoms with van der Waals surface area (Å²) in [4.78, 5) is 14.5. The lowest BCUT2D eigenvalue weighted by Crippen LogP contribution is -2.42. The number of methoxy groups -OCH3 is 3. The van der Waals surface area contributed by atoms with Gasteiger partial charge in [0.05, 0.1) is 27.4 Å². The normalized spacial score (nSPS) is 11.5. The SMILES string of the molecule is CCN(C(=O)NCCc1cc(OC)ccc1OC)C(C)c1cccc(OC)c1. The largest absolute Gasteiger partial charge is 0.497 e. The van der Waals surface area contributed by atoms with Crippen molar-refractivity contribution in [1.29, 1.82) is 0 Å². The van der Waals surface area contributed by atoms with Crippen molar-refractivity contribution in [2.45, 2.75) is 26.3 Å². The van der Waals surface area contributed by atoms with Gasteiger partial charge in [0.2, 0.25) is 0 Å². The van der Waals surface area contributed by atoms with E-state index in [1.54, 1.807) is 26.2 Å². The van der Waals surface area contributed by atoms with Crippen molar-refractivity contribution in [2.75, 3.05) is 34.4 Å². The maximum absolute atomic E-state index is 12.7. The van der Waals surface area contributed by atoms with Crippen LogP contribution in [-0.4, -0.2) is 45.3 Å². The number of rotatable bonds is 9.